The fraction of sp³-hybridized carbons (Fsp3) is 0.0909. The van der Waals surface area contributed by atoms with Crippen molar-refractivity contribution in [2.75, 3.05) is 0 Å². The molecule has 4 aromatic rings. The summed E-state index contributed by atoms with van der Waals surface area (Å²) in [6, 6.07) is 13.6. The van der Waals surface area contributed by atoms with Crippen LogP contribution in [-0.2, 0) is 17.4 Å². The number of hydrazone groups is 1. The van der Waals surface area contributed by atoms with Crippen LogP contribution in [0.25, 0.3) is 16.2 Å². The second-order valence-electron chi connectivity index (χ2n) is 6.78. The summed E-state index contributed by atoms with van der Waals surface area (Å²) in [6.07, 6.45) is -1.25. The van der Waals surface area contributed by atoms with Crippen molar-refractivity contribution >= 4 is 28.4 Å². The van der Waals surface area contributed by atoms with Gasteiger partial charge in [-0.05, 0) is 29.8 Å². The number of hydrogen-bond donors (Lipinski definition) is 1. The van der Waals surface area contributed by atoms with Crippen LogP contribution in [0.5, 0.6) is 0 Å². The SMILES string of the molecule is N#Cc1ccc(-c2cn3c(CC(=O)N/N=C/c4ccc(C(F)(F)F)cc4)csc3n2)cc1. The van der Waals surface area contributed by atoms with E-state index >= 15 is 0 Å². The number of nitrogens with zero attached hydrogens (tertiary/aromatic N) is 4. The van der Waals surface area contributed by atoms with Gasteiger partial charge >= 0.3 is 6.18 Å². The van der Waals surface area contributed by atoms with Gasteiger partial charge < -0.3 is 0 Å². The standard InChI is InChI=1S/C22H14F3N5OS/c23-22(24,25)17-7-3-15(4-8-17)11-27-29-20(31)9-18-13-32-21-28-19(12-30(18)21)16-5-1-14(10-26)2-6-16/h1-8,11-13H,9H2,(H,29,31)/b27-11+. The van der Waals surface area contributed by atoms with Crippen molar-refractivity contribution < 1.29 is 18.0 Å². The Morgan fingerprint density at radius 2 is 1.91 bits per heavy atom. The molecule has 32 heavy (non-hydrogen) atoms. The smallest absolute Gasteiger partial charge is 0.294 e. The fourth-order valence-electron chi connectivity index (χ4n) is 2.95. The van der Waals surface area contributed by atoms with Crippen molar-refractivity contribution in [3.05, 3.63) is 82.5 Å². The molecule has 0 aliphatic carbocycles. The third kappa shape index (κ3) is 4.68. The van der Waals surface area contributed by atoms with Gasteiger partial charge in [0.1, 0.15) is 0 Å². The van der Waals surface area contributed by atoms with E-state index < -0.39 is 11.7 Å². The third-order valence-corrected chi connectivity index (χ3v) is 5.46. The zero-order valence-corrected chi connectivity index (χ0v) is 17.1. The molecular weight excluding hydrogens is 439 g/mol. The van der Waals surface area contributed by atoms with Gasteiger partial charge in [-0.25, -0.2) is 10.4 Å². The number of hydrogen-bond acceptors (Lipinski definition) is 5. The van der Waals surface area contributed by atoms with Crippen molar-refractivity contribution in [2.24, 2.45) is 5.10 Å². The molecule has 1 amide bonds. The Labute approximate surface area is 184 Å². The second kappa shape index (κ2) is 8.64. The lowest BCUT2D eigenvalue weighted by Gasteiger charge is -2.05. The van der Waals surface area contributed by atoms with Gasteiger partial charge in [0, 0.05) is 22.8 Å². The molecule has 0 fully saturated rings. The number of alkyl halides is 3. The van der Waals surface area contributed by atoms with Crippen LogP contribution in [0.1, 0.15) is 22.4 Å². The minimum Gasteiger partial charge on any atom is -0.294 e. The molecule has 6 nitrogen and oxygen atoms in total. The average Bonchev–Trinajstić information content (AvgIpc) is 3.35. The number of benzene rings is 2. The minimum atomic E-state index is -4.40. The maximum atomic E-state index is 12.6. The Morgan fingerprint density at radius 3 is 2.56 bits per heavy atom. The molecule has 2 heterocycles. The third-order valence-electron chi connectivity index (χ3n) is 4.58. The number of nitrogens with one attached hydrogen (secondary N) is 1. The van der Waals surface area contributed by atoms with Gasteiger partial charge in [0.05, 0.1) is 35.5 Å². The normalized spacial score (nSPS) is 11.7. The van der Waals surface area contributed by atoms with E-state index in [2.05, 4.69) is 21.6 Å². The molecule has 0 aliphatic rings. The predicted octanol–water partition coefficient (Wildman–Crippen LogP) is 4.65. The van der Waals surface area contributed by atoms with E-state index in [4.69, 9.17) is 5.26 Å². The van der Waals surface area contributed by atoms with Crippen molar-refractivity contribution in [1.29, 1.82) is 5.26 Å². The van der Waals surface area contributed by atoms with E-state index in [0.717, 1.165) is 34.0 Å². The molecule has 0 bridgehead atoms. The van der Waals surface area contributed by atoms with E-state index in [1.54, 1.807) is 12.1 Å². The molecule has 0 saturated heterocycles. The predicted molar refractivity (Wildman–Crippen MR) is 114 cm³/mol. The molecule has 10 heteroatoms. The number of carbonyl (C=O) groups is 1. The highest BCUT2D eigenvalue weighted by atomic mass is 32.1. The van der Waals surface area contributed by atoms with E-state index in [1.165, 1.54) is 29.7 Å². The van der Waals surface area contributed by atoms with E-state index in [-0.39, 0.29) is 12.3 Å². The topological polar surface area (TPSA) is 82.5 Å². The van der Waals surface area contributed by atoms with Gasteiger partial charge in [-0.15, -0.1) is 11.3 Å². The lowest BCUT2D eigenvalue weighted by molar-refractivity contribution is -0.137. The van der Waals surface area contributed by atoms with Gasteiger partial charge in [0.2, 0.25) is 5.91 Å². The minimum absolute atomic E-state index is 0.0491. The summed E-state index contributed by atoms with van der Waals surface area (Å²) >= 11 is 1.39. The first-order chi connectivity index (χ1) is 15.3. The van der Waals surface area contributed by atoms with Crippen LogP contribution in [0.2, 0.25) is 0 Å². The van der Waals surface area contributed by atoms with Crippen LogP contribution in [0.3, 0.4) is 0 Å². The first-order valence-corrected chi connectivity index (χ1v) is 10.2. The van der Waals surface area contributed by atoms with E-state index in [9.17, 15) is 18.0 Å². The van der Waals surface area contributed by atoms with Crippen molar-refractivity contribution in [1.82, 2.24) is 14.8 Å². The maximum Gasteiger partial charge on any atom is 0.416 e. The van der Waals surface area contributed by atoms with Gasteiger partial charge in [0.25, 0.3) is 0 Å². The largest absolute Gasteiger partial charge is 0.416 e. The van der Waals surface area contributed by atoms with Crippen molar-refractivity contribution in [3.8, 4) is 17.3 Å². The van der Waals surface area contributed by atoms with Crippen LogP contribution in [0.4, 0.5) is 13.2 Å². The van der Waals surface area contributed by atoms with Gasteiger partial charge in [-0.2, -0.15) is 23.5 Å². The van der Waals surface area contributed by atoms with Gasteiger partial charge in [-0.3, -0.25) is 9.20 Å². The number of carbonyl (C=O) groups excluding carboxylic acids is 1. The first kappa shape index (κ1) is 21.3. The van der Waals surface area contributed by atoms with E-state index in [0.29, 0.717) is 11.1 Å². The number of halogens is 3. The number of rotatable bonds is 5. The van der Waals surface area contributed by atoms with Crippen LogP contribution in [0, 0.1) is 11.3 Å². The summed E-state index contributed by atoms with van der Waals surface area (Å²) in [7, 11) is 0. The summed E-state index contributed by atoms with van der Waals surface area (Å²) in [4.78, 5) is 17.5. The summed E-state index contributed by atoms with van der Waals surface area (Å²) in [5, 5.41) is 14.5. The highest BCUT2D eigenvalue weighted by Gasteiger charge is 2.29. The van der Waals surface area contributed by atoms with Crippen LogP contribution in [0.15, 0.2) is 65.2 Å². The molecule has 0 radical (unpaired) electrons. The molecule has 2 aromatic heterocycles. The number of thiazole rings is 1. The Balaban J connectivity index is 1.41. The Morgan fingerprint density at radius 1 is 1.19 bits per heavy atom. The average molecular weight is 453 g/mol. The second-order valence-corrected chi connectivity index (χ2v) is 7.62. The van der Waals surface area contributed by atoms with Gasteiger partial charge in [-0.1, -0.05) is 24.3 Å². The fourth-order valence-corrected chi connectivity index (χ4v) is 3.83. The number of aromatic nitrogens is 2. The molecule has 0 aliphatic heterocycles. The number of fused-ring (bicyclic) bond motifs is 1. The molecule has 160 valence electrons. The molecule has 0 unspecified atom stereocenters. The molecule has 0 spiro atoms. The lowest BCUT2D eigenvalue weighted by Crippen LogP contribution is -2.20. The Hall–Kier alpha value is -3.97. The summed E-state index contributed by atoms with van der Waals surface area (Å²) in [5.41, 5.74) is 4.92. The highest BCUT2D eigenvalue weighted by Crippen LogP contribution is 2.29. The zero-order chi connectivity index (χ0) is 22.7. The number of amides is 1. The van der Waals surface area contributed by atoms with Crippen LogP contribution >= 0.6 is 11.3 Å². The van der Waals surface area contributed by atoms with Crippen molar-refractivity contribution in [2.45, 2.75) is 12.6 Å². The molecule has 0 atom stereocenters. The summed E-state index contributed by atoms with van der Waals surface area (Å²) in [6.45, 7) is 0. The van der Waals surface area contributed by atoms with Crippen molar-refractivity contribution in [3.63, 3.8) is 0 Å². The Bertz CT molecular complexity index is 1330. The highest BCUT2D eigenvalue weighted by molar-refractivity contribution is 7.15. The van der Waals surface area contributed by atoms with Crippen LogP contribution in [-0.4, -0.2) is 21.5 Å². The molecule has 1 N–H and O–H groups in total. The van der Waals surface area contributed by atoms with E-state index in [1.807, 2.05) is 28.1 Å². The van der Waals surface area contributed by atoms with Crippen LogP contribution < -0.4 is 5.43 Å². The summed E-state index contributed by atoms with van der Waals surface area (Å²) in [5.74, 6) is -0.374. The first-order valence-electron chi connectivity index (χ1n) is 9.28. The summed E-state index contributed by atoms with van der Waals surface area (Å²) < 4.78 is 39.6. The monoisotopic (exact) mass is 453 g/mol. The number of nitriles is 1. The quantitative estimate of drug-likeness (QED) is 0.353. The van der Waals surface area contributed by atoms with Gasteiger partial charge in [0.15, 0.2) is 4.96 Å². The maximum absolute atomic E-state index is 12.6. The number of imidazole rings is 1. The lowest BCUT2D eigenvalue weighted by atomic mass is 10.1. The molecule has 4 rings (SSSR count). The molecular formula is C22H14F3N5OS. The molecule has 2 aromatic carbocycles. The Kier molecular flexibility index (Phi) is 5.75. The zero-order valence-electron chi connectivity index (χ0n) is 16.3. The molecule has 0 saturated carbocycles.